The van der Waals surface area contributed by atoms with E-state index in [1.54, 1.807) is 11.3 Å². The lowest BCUT2D eigenvalue weighted by atomic mass is 9.98. The van der Waals surface area contributed by atoms with Gasteiger partial charge in [0, 0.05) is 49.3 Å². The first-order valence-corrected chi connectivity index (χ1v) is 10.7. The molecule has 1 unspecified atom stereocenters. The Kier molecular flexibility index (Phi) is 4.56. The Hall–Kier alpha value is -2.38. The van der Waals surface area contributed by atoms with E-state index >= 15 is 0 Å². The molecule has 28 heavy (non-hydrogen) atoms. The van der Waals surface area contributed by atoms with Crippen LogP contribution in [0.2, 0.25) is 0 Å². The molecule has 3 aromatic rings. The molecule has 2 aromatic heterocycles. The van der Waals surface area contributed by atoms with Crippen molar-refractivity contribution in [1.82, 2.24) is 25.2 Å². The molecule has 7 heteroatoms. The lowest BCUT2D eigenvalue weighted by molar-refractivity contribution is 0.0733. The number of aryl methyl sites for hydroxylation is 1. The largest absolute Gasteiger partial charge is 0.334 e. The van der Waals surface area contributed by atoms with E-state index in [4.69, 9.17) is 4.98 Å². The molecule has 0 bridgehead atoms. The maximum Gasteiger partial charge on any atom is 0.254 e. The number of benzene rings is 1. The van der Waals surface area contributed by atoms with Crippen LogP contribution in [0.15, 0.2) is 24.4 Å². The molecule has 1 fully saturated rings. The summed E-state index contributed by atoms with van der Waals surface area (Å²) < 4.78 is 1.06. The SMILES string of the molecule is Cc1nc2ccc(C(=O)N3CCc4nc(C5CCCNC5)ncc4C3)cc2s1. The van der Waals surface area contributed by atoms with Crippen LogP contribution in [0.3, 0.4) is 0 Å². The topological polar surface area (TPSA) is 71.0 Å². The molecular weight excluding hydrogens is 370 g/mol. The molecule has 0 aliphatic carbocycles. The van der Waals surface area contributed by atoms with E-state index in [9.17, 15) is 4.79 Å². The smallest absolute Gasteiger partial charge is 0.254 e. The van der Waals surface area contributed by atoms with Gasteiger partial charge in [-0.05, 0) is 44.5 Å². The summed E-state index contributed by atoms with van der Waals surface area (Å²) in [6.45, 7) is 5.32. The van der Waals surface area contributed by atoms with Gasteiger partial charge in [0.1, 0.15) is 5.82 Å². The first-order chi connectivity index (χ1) is 13.7. The Morgan fingerprint density at radius 3 is 3.11 bits per heavy atom. The number of nitrogens with one attached hydrogen (secondary N) is 1. The third-order valence-corrected chi connectivity index (χ3v) is 6.58. The fourth-order valence-electron chi connectivity index (χ4n) is 4.13. The maximum absolute atomic E-state index is 13.0. The number of fused-ring (bicyclic) bond motifs is 2. The van der Waals surface area contributed by atoms with Crippen molar-refractivity contribution in [3.05, 3.63) is 52.0 Å². The number of rotatable bonds is 2. The van der Waals surface area contributed by atoms with Crippen LogP contribution in [-0.2, 0) is 13.0 Å². The summed E-state index contributed by atoms with van der Waals surface area (Å²) in [5.74, 6) is 1.43. The molecule has 1 atom stereocenters. The van der Waals surface area contributed by atoms with Crippen molar-refractivity contribution in [1.29, 1.82) is 0 Å². The second kappa shape index (κ2) is 7.22. The van der Waals surface area contributed by atoms with Crippen LogP contribution in [0.25, 0.3) is 10.2 Å². The Bertz CT molecular complexity index is 1040. The molecule has 0 spiro atoms. The highest BCUT2D eigenvalue weighted by atomic mass is 32.1. The van der Waals surface area contributed by atoms with Crippen LogP contribution in [0.5, 0.6) is 0 Å². The molecule has 1 amide bonds. The Morgan fingerprint density at radius 1 is 1.32 bits per heavy atom. The monoisotopic (exact) mass is 393 g/mol. The number of piperidine rings is 1. The van der Waals surface area contributed by atoms with Crippen LogP contribution in [0.1, 0.15) is 51.2 Å². The van der Waals surface area contributed by atoms with Gasteiger partial charge in [0.05, 0.1) is 20.9 Å². The number of nitrogens with zero attached hydrogens (tertiary/aromatic N) is 4. The van der Waals surface area contributed by atoms with Crippen molar-refractivity contribution >= 4 is 27.5 Å². The van der Waals surface area contributed by atoms with Gasteiger partial charge in [-0.2, -0.15) is 0 Å². The van der Waals surface area contributed by atoms with E-state index in [1.165, 1.54) is 6.42 Å². The first-order valence-electron chi connectivity index (χ1n) is 9.89. The van der Waals surface area contributed by atoms with Gasteiger partial charge >= 0.3 is 0 Å². The van der Waals surface area contributed by atoms with Crippen LogP contribution in [0.4, 0.5) is 0 Å². The summed E-state index contributed by atoms with van der Waals surface area (Å²) in [6, 6.07) is 5.79. The summed E-state index contributed by atoms with van der Waals surface area (Å²) in [5, 5.41) is 4.45. The lowest BCUT2D eigenvalue weighted by Crippen LogP contribution is -2.37. The molecule has 0 saturated carbocycles. The Labute approximate surface area is 168 Å². The molecule has 0 radical (unpaired) electrons. The molecule has 1 N–H and O–H groups in total. The van der Waals surface area contributed by atoms with Crippen molar-refractivity contribution in [2.24, 2.45) is 0 Å². The highest BCUT2D eigenvalue weighted by Crippen LogP contribution is 2.26. The average molecular weight is 394 g/mol. The lowest BCUT2D eigenvalue weighted by Gasteiger charge is -2.29. The zero-order chi connectivity index (χ0) is 19.1. The third-order valence-electron chi connectivity index (χ3n) is 5.64. The molecule has 5 rings (SSSR count). The number of amides is 1. The first kappa shape index (κ1) is 17.7. The van der Waals surface area contributed by atoms with Gasteiger partial charge < -0.3 is 10.2 Å². The van der Waals surface area contributed by atoms with Gasteiger partial charge in [-0.3, -0.25) is 4.79 Å². The number of aromatic nitrogens is 3. The second-order valence-electron chi connectivity index (χ2n) is 7.64. The van der Waals surface area contributed by atoms with Gasteiger partial charge in [-0.1, -0.05) is 0 Å². The van der Waals surface area contributed by atoms with Crippen LogP contribution in [0, 0.1) is 6.92 Å². The average Bonchev–Trinajstić information content (AvgIpc) is 3.12. The fraction of sp³-hybridized carbons (Fsp3) is 0.429. The van der Waals surface area contributed by atoms with Crippen LogP contribution >= 0.6 is 11.3 Å². The maximum atomic E-state index is 13.0. The molecule has 1 saturated heterocycles. The quantitative estimate of drug-likeness (QED) is 0.725. The minimum atomic E-state index is 0.0687. The van der Waals surface area contributed by atoms with Crippen molar-refractivity contribution in [2.45, 2.75) is 38.6 Å². The van der Waals surface area contributed by atoms with Crippen molar-refractivity contribution in [3.8, 4) is 0 Å². The van der Waals surface area contributed by atoms with E-state index in [0.717, 1.165) is 63.8 Å². The highest BCUT2D eigenvalue weighted by molar-refractivity contribution is 7.18. The van der Waals surface area contributed by atoms with Crippen molar-refractivity contribution < 1.29 is 4.79 Å². The zero-order valence-electron chi connectivity index (χ0n) is 15.9. The van der Waals surface area contributed by atoms with E-state index < -0.39 is 0 Å². The van der Waals surface area contributed by atoms with Crippen molar-refractivity contribution in [2.75, 3.05) is 19.6 Å². The van der Waals surface area contributed by atoms with Gasteiger partial charge in [-0.15, -0.1) is 11.3 Å². The van der Waals surface area contributed by atoms with Gasteiger partial charge in [0.15, 0.2) is 0 Å². The summed E-state index contributed by atoms with van der Waals surface area (Å²) >= 11 is 1.63. The van der Waals surface area contributed by atoms with Gasteiger partial charge in [0.25, 0.3) is 5.91 Å². The summed E-state index contributed by atoms with van der Waals surface area (Å²) in [7, 11) is 0. The number of carbonyl (C=O) groups excluding carboxylic acids is 1. The Morgan fingerprint density at radius 2 is 2.25 bits per heavy atom. The van der Waals surface area contributed by atoms with Gasteiger partial charge in [-0.25, -0.2) is 15.0 Å². The number of carbonyl (C=O) groups is 1. The van der Waals surface area contributed by atoms with E-state index in [0.29, 0.717) is 19.0 Å². The fourth-order valence-corrected chi connectivity index (χ4v) is 5.00. The molecule has 144 valence electrons. The standard InChI is InChI=1S/C21H23N5OS/c1-13-24-18-5-4-14(9-19(18)28-13)21(27)26-8-6-17-16(12-26)11-23-20(25-17)15-3-2-7-22-10-15/h4-5,9,11,15,22H,2-3,6-8,10,12H2,1H3. The molecule has 6 nitrogen and oxygen atoms in total. The molecule has 1 aromatic carbocycles. The highest BCUT2D eigenvalue weighted by Gasteiger charge is 2.25. The minimum Gasteiger partial charge on any atom is -0.334 e. The van der Waals surface area contributed by atoms with E-state index in [2.05, 4.69) is 15.3 Å². The number of hydrogen-bond acceptors (Lipinski definition) is 6. The number of hydrogen-bond donors (Lipinski definition) is 1. The summed E-state index contributed by atoms with van der Waals surface area (Å²) in [6.07, 6.45) is 5.05. The molecule has 2 aliphatic rings. The predicted molar refractivity (Wildman–Crippen MR) is 110 cm³/mol. The Balaban J connectivity index is 1.35. The van der Waals surface area contributed by atoms with Crippen molar-refractivity contribution in [3.63, 3.8) is 0 Å². The van der Waals surface area contributed by atoms with Crippen LogP contribution < -0.4 is 5.32 Å². The predicted octanol–water partition coefficient (Wildman–Crippen LogP) is 3.06. The second-order valence-corrected chi connectivity index (χ2v) is 8.87. The zero-order valence-corrected chi connectivity index (χ0v) is 16.8. The summed E-state index contributed by atoms with van der Waals surface area (Å²) in [5.41, 5.74) is 3.86. The minimum absolute atomic E-state index is 0.0687. The normalized spacial score (nSPS) is 19.6. The molecule has 2 aliphatic heterocycles. The third kappa shape index (κ3) is 3.29. The molecular formula is C21H23N5OS. The van der Waals surface area contributed by atoms with E-state index in [-0.39, 0.29) is 5.91 Å². The van der Waals surface area contributed by atoms with Gasteiger partial charge in [0.2, 0.25) is 0 Å². The van der Waals surface area contributed by atoms with E-state index in [1.807, 2.05) is 36.2 Å². The summed E-state index contributed by atoms with van der Waals surface area (Å²) in [4.78, 5) is 28.9. The number of thiazole rings is 1. The van der Waals surface area contributed by atoms with Crippen LogP contribution in [-0.4, -0.2) is 45.4 Å². The molecule has 4 heterocycles.